The van der Waals surface area contributed by atoms with Crippen LogP contribution in [0.2, 0.25) is 0 Å². The van der Waals surface area contributed by atoms with Gasteiger partial charge in [-0.1, -0.05) is 6.92 Å². The first kappa shape index (κ1) is 12.0. The van der Waals surface area contributed by atoms with Gasteiger partial charge in [-0.15, -0.1) is 11.3 Å². The van der Waals surface area contributed by atoms with E-state index in [1.54, 1.807) is 11.3 Å². The molecular weight excluding hydrogens is 220 g/mol. The van der Waals surface area contributed by atoms with E-state index in [9.17, 15) is 5.11 Å². The number of rotatable bonds is 3. The van der Waals surface area contributed by atoms with Gasteiger partial charge in [-0.2, -0.15) is 0 Å². The smallest absolute Gasteiger partial charge is 0.0798 e. The first-order valence-corrected chi connectivity index (χ1v) is 6.73. The average molecular weight is 240 g/mol. The highest BCUT2D eigenvalue weighted by atomic mass is 32.1. The molecule has 1 aromatic heterocycles. The van der Waals surface area contributed by atoms with Gasteiger partial charge < -0.3 is 5.11 Å². The zero-order valence-electron chi connectivity index (χ0n) is 10.1. The molecule has 0 spiro atoms. The van der Waals surface area contributed by atoms with Gasteiger partial charge in [-0.05, 0) is 38.3 Å². The number of nitrogens with zero attached hydrogens (tertiary/aromatic N) is 2. The fourth-order valence-electron chi connectivity index (χ4n) is 2.09. The molecule has 2 heterocycles. The number of aromatic nitrogens is 1. The predicted molar refractivity (Wildman–Crippen MR) is 66.6 cm³/mol. The molecule has 1 aliphatic heterocycles. The van der Waals surface area contributed by atoms with Crippen LogP contribution in [-0.4, -0.2) is 34.7 Å². The predicted octanol–water partition coefficient (Wildman–Crippen LogP) is 2.05. The molecule has 1 N–H and O–H groups in total. The summed E-state index contributed by atoms with van der Waals surface area (Å²) in [5.74, 6) is 0. The number of hydrogen-bond acceptors (Lipinski definition) is 4. The maximum atomic E-state index is 9.31. The third-order valence-electron chi connectivity index (χ3n) is 3.66. The van der Waals surface area contributed by atoms with Crippen molar-refractivity contribution < 1.29 is 5.11 Å². The summed E-state index contributed by atoms with van der Waals surface area (Å²) in [4.78, 5) is 8.13. The molecular formula is C12H20N2OS. The summed E-state index contributed by atoms with van der Waals surface area (Å²) in [7, 11) is 0. The van der Waals surface area contributed by atoms with Gasteiger partial charge in [0.25, 0.3) is 0 Å². The lowest BCUT2D eigenvalue weighted by atomic mass is 9.81. The molecule has 0 aromatic carbocycles. The van der Waals surface area contributed by atoms with Gasteiger partial charge >= 0.3 is 0 Å². The van der Waals surface area contributed by atoms with Gasteiger partial charge in [-0.3, -0.25) is 4.90 Å². The van der Waals surface area contributed by atoms with Crippen molar-refractivity contribution in [3.05, 3.63) is 16.1 Å². The highest BCUT2D eigenvalue weighted by Gasteiger charge is 2.29. The largest absolute Gasteiger partial charge is 0.396 e. The maximum Gasteiger partial charge on any atom is 0.0798 e. The molecule has 1 saturated heterocycles. The van der Waals surface area contributed by atoms with E-state index < -0.39 is 0 Å². The minimum atomic E-state index is 0.152. The fourth-order valence-corrected chi connectivity index (χ4v) is 2.91. The molecule has 0 amide bonds. The molecule has 3 nitrogen and oxygen atoms in total. The standard InChI is InChI=1S/C12H20N2OS/c1-10-11(16-9-13-10)7-14-5-3-12(2,8-15)4-6-14/h9,15H,3-8H2,1-2H3. The Balaban J connectivity index is 1.88. The van der Waals surface area contributed by atoms with Crippen LogP contribution in [0.5, 0.6) is 0 Å². The molecule has 4 heteroatoms. The van der Waals surface area contributed by atoms with Crippen LogP contribution in [0.4, 0.5) is 0 Å². The van der Waals surface area contributed by atoms with Crippen molar-refractivity contribution in [3.8, 4) is 0 Å². The zero-order valence-corrected chi connectivity index (χ0v) is 10.9. The number of thiazole rings is 1. The first-order valence-electron chi connectivity index (χ1n) is 5.85. The van der Waals surface area contributed by atoms with Gasteiger partial charge in [0.1, 0.15) is 0 Å². The summed E-state index contributed by atoms with van der Waals surface area (Å²) in [6.45, 7) is 7.79. The summed E-state index contributed by atoms with van der Waals surface area (Å²) in [5, 5.41) is 9.31. The van der Waals surface area contributed by atoms with Crippen molar-refractivity contribution in [1.29, 1.82) is 0 Å². The van der Waals surface area contributed by atoms with E-state index in [1.165, 1.54) is 10.6 Å². The third-order valence-corrected chi connectivity index (χ3v) is 4.58. The SMILES string of the molecule is Cc1ncsc1CN1CCC(C)(CO)CC1. The normalized spacial score (nSPS) is 21.2. The van der Waals surface area contributed by atoms with Crippen LogP contribution in [0, 0.1) is 12.3 Å². The zero-order chi connectivity index (χ0) is 11.6. The Bertz CT molecular complexity index is 343. The van der Waals surface area contributed by atoms with Crippen LogP contribution < -0.4 is 0 Å². The van der Waals surface area contributed by atoms with E-state index in [0.717, 1.165) is 32.5 Å². The van der Waals surface area contributed by atoms with E-state index in [4.69, 9.17) is 0 Å². The molecule has 1 aromatic rings. The van der Waals surface area contributed by atoms with Crippen molar-refractivity contribution in [2.24, 2.45) is 5.41 Å². The summed E-state index contributed by atoms with van der Waals surface area (Å²) in [6.07, 6.45) is 2.20. The van der Waals surface area contributed by atoms with Crippen LogP contribution in [0.3, 0.4) is 0 Å². The van der Waals surface area contributed by atoms with Crippen LogP contribution in [0.15, 0.2) is 5.51 Å². The number of hydrogen-bond donors (Lipinski definition) is 1. The second-order valence-corrected chi connectivity index (χ2v) is 6.05. The van der Waals surface area contributed by atoms with E-state index in [2.05, 4.69) is 23.7 Å². The Kier molecular flexibility index (Phi) is 3.62. The molecule has 0 atom stereocenters. The monoisotopic (exact) mass is 240 g/mol. The van der Waals surface area contributed by atoms with Crippen LogP contribution in [0.1, 0.15) is 30.3 Å². The molecule has 0 bridgehead atoms. The molecule has 90 valence electrons. The lowest BCUT2D eigenvalue weighted by Crippen LogP contribution is -2.39. The molecule has 1 aliphatic rings. The fraction of sp³-hybridized carbons (Fsp3) is 0.750. The van der Waals surface area contributed by atoms with Gasteiger partial charge in [0.05, 0.1) is 11.2 Å². The highest BCUT2D eigenvalue weighted by Crippen LogP contribution is 2.31. The lowest BCUT2D eigenvalue weighted by molar-refractivity contribution is 0.0560. The van der Waals surface area contributed by atoms with Gasteiger partial charge in [0, 0.05) is 18.0 Å². The van der Waals surface area contributed by atoms with E-state index in [-0.39, 0.29) is 5.41 Å². The van der Waals surface area contributed by atoms with Crippen molar-refractivity contribution in [2.45, 2.75) is 33.2 Å². The number of aryl methyl sites for hydroxylation is 1. The second kappa shape index (κ2) is 4.82. The quantitative estimate of drug-likeness (QED) is 0.878. The topological polar surface area (TPSA) is 36.4 Å². The third kappa shape index (κ3) is 2.62. The van der Waals surface area contributed by atoms with E-state index in [0.29, 0.717) is 6.61 Å². The minimum absolute atomic E-state index is 0.152. The molecule has 1 fully saturated rings. The Morgan fingerprint density at radius 3 is 2.69 bits per heavy atom. The number of likely N-dealkylation sites (tertiary alicyclic amines) is 1. The Hall–Kier alpha value is -0.450. The van der Waals surface area contributed by atoms with E-state index in [1.807, 2.05) is 5.51 Å². The second-order valence-electron chi connectivity index (χ2n) is 5.11. The molecule has 0 radical (unpaired) electrons. The number of aliphatic hydroxyl groups is 1. The molecule has 0 aliphatic carbocycles. The molecule has 16 heavy (non-hydrogen) atoms. The van der Waals surface area contributed by atoms with Crippen LogP contribution >= 0.6 is 11.3 Å². The summed E-state index contributed by atoms with van der Waals surface area (Å²) in [6, 6.07) is 0. The summed E-state index contributed by atoms with van der Waals surface area (Å²) >= 11 is 1.75. The first-order chi connectivity index (χ1) is 7.63. The van der Waals surface area contributed by atoms with Crippen molar-refractivity contribution in [1.82, 2.24) is 9.88 Å². The van der Waals surface area contributed by atoms with Crippen molar-refractivity contribution >= 4 is 11.3 Å². The van der Waals surface area contributed by atoms with E-state index >= 15 is 0 Å². The molecule has 2 rings (SSSR count). The lowest BCUT2D eigenvalue weighted by Gasteiger charge is -2.38. The average Bonchev–Trinajstić information content (AvgIpc) is 2.68. The Morgan fingerprint density at radius 2 is 2.19 bits per heavy atom. The summed E-state index contributed by atoms with van der Waals surface area (Å²) in [5.41, 5.74) is 3.24. The Morgan fingerprint density at radius 1 is 1.50 bits per heavy atom. The van der Waals surface area contributed by atoms with Crippen molar-refractivity contribution in [2.75, 3.05) is 19.7 Å². The van der Waals surface area contributed by atoms with Gasteiger partial charge in [-0.25, -0.2) is 4.98 Å². The Labute approximate surface area is 101 Å². The summed E-state index contributed by atoms with van der Waals surface area (Å²) < 4.78 is 0. The number of piperidine rings is 1. The van der Waals surface area contributed by atoms with Crippen molar-refractivity contribution in [3.63, 3.8) is 0 Å². The van der Waals surface area contributed by atoms with Crippen LogP contribution in [0.25, 0.3) is 0 Å². The maximum absolute atomic E-state index is 9.31. The molecule has 0 saturated carbocycles. The van der Waals surface area contributed by atoms with Crippen LogP contribution in [-0.2, 0) is 6.54 Å². The number of aliphatic hydroxyl groups excluding tert-OH is 1. The minimum Gasteiger partial charge on any atom is -0.396 e. The highest BCUT2D eigenvalue weighted by molar-refractivity contribution is 7.09. The molecule has 0 unspecified atom stereocenters. The van der Waals surface area contributed by atoms with Gasteiger partial charge in [0.15, 0.2) is 0 Å². The van der Waals surface area contributed by atoms with Gasteiger partial charge in [0.2, 0.25) is 0 Å².